The van der Waals surface area contributed by atoms with Gasteiger partial charge in [-0.2, -0.15) is 0 Å². The highest BCUT2D eigenvalue weighted by Gasteiger charge is 2.19. The third kappa shape index (κ3) is 6.99. The molecule has 0 aromatic heterocycles. The molecule has 0 amide bonds. The number of alkyl halides is 1. The minimum absolute atomic E-state index is 0.509. The molecule has 0 fully saturated rings. The molecule has 0 spiro atoms. The van der Waals surface area contributed by atoms with E-state index in [-0.39, 0.29) is 0 Å². The summed E-state index contributed by atoms with van der Waals surface area (Å²) >= 11 is 2.12. The molecule has 0 radical (unpaired) electrons. The van der Waals surface area contributed by atoms with Gasteiger partial charge in [-0.25, -0.2) is 0 Å². The van der Waals surface area contributed by atoms with Crippen LogP contribution in [-0.2, 0) is 14.2 Å². The molecule has 0 aliphatic rings. The van der Waals surface area contributed by atoms with Crippen molar-refractivity contribution in [3.63, 3.8) is 0 Å². The summed E-state index contributed by atoms with van der Waals surface area (Å²) in [5.74, 6) is 0. The standard InChI is InChI=1S/C7H15IO3/c1-4-10-7(2,8)11-6-5-9-3/h4-6H2,1-3H3. The van der Waals surface area contributed by atoms with E-state index in [1.165, 1.54) is 0 Å². The summed E-state index contributed by atoms with van der Waals surface area (Å²) in [7, 11) is 1.65. The van der Waals surface area contributed by atoms with Crippen LogP contribution >= 0.6 is 22.6 Å². The van der Waals surface area contributed by atoms with Crippen LogP contribution in [0.15, 0.2) is 0 Å². The van der Waals surface area contributed by atoms with Crippen LogP contribution in [0.4, 0.5) is 0 Å². The van der Waals surface area contributed by atoms with Crippen LogP contribution in [-0.4, -0.2) is 30.7 Å². The van der Waals surface area contributed by atoms with E-state index in [1.807, 2.05) is 13.8 Å². The lowest BCUT2D eigenvalue weighted by atomic mass is 10.7. The Kier molecular flexibility index (Phi) is 6.50. The van der Waals surface area contributed by atoms with Crippen molar-refractivity contribution in [3.05, 3.63) is 0 Å². The molecule has 11 heavy (non-hydrogen) atoms. The summed E-state index contributed by atoms with van der Waals surface area (Å²) in [5, 5.41) is 0. The summed E-state index contributed by atoms with van der Waals surface area (Å²) in [5.41, 5.74) is 0. The third-order valence-corrected chi connectivity index (χ3v) is 1.67. The van der Waals surface area contributed by atoms with Crippen molar-refractivity contribution < 1.29 is 14.2 Å². The molecule has 0 heterocycles. The van der Waals surface area contributed by atoms with Crippen LogP contribution in [0.1, 0.15) is 13.8 Å². The number of methoxy groups -OCH3 is 1. The molecule has 0 rings (SSSR count). The monoisotopic (exact) mass is 274 g/mol. The highest BCUT2D eigenvalue weighted by Crippen LogP contribution is 2.20. The molecule has 0 N–H and O–H groups in total. The van der Waals surface area contributed by atoms with E-state index in [0.717, 1.165) is 0 Å². The summed E-state index contributed by atoms with van der Waals surface area (Å²) in [6.45, 7) is 5.65. The average molecular weight is 274 g/mol. The number of hydrogen-bond acceptors (Lipinski definition) is 3. The normalized spacial score (nSPS) is 16.4. The maximum Gasteiger partial charge on any atom is 0.218 e. The van der Waals surface area contributed by atoms with Crippen molar-refractivity contribution in [3.8, 4) is 0 Å². The van der Waals surface area contributed by atoms with E-state index in [9.17, 15) is 0 Å². The highest BCUT2D eigenvalue weighted by atomic mass is 127. The molecule has 0 aromatic rings. The first kappa shape index (κ1) is 11.6. The minimum atomic E-state index is -0.509. The number of ether oxygens (including phenoxy) is 3. The van der Waals surface area contributed by atoms with Crippen LogP contribution in [0.2, 0.25) is 0 Å². The van der Waals surface area contributed by atoms with Gasteiger partial charge in [0, 0.05) is 13.7 Å². The van der Waals surface area contributed by atoms with Gasteiger partial charge in [-0.1, -0.05) is 0 Å². The SMILES string of the molecule is CCOC(C)(I)OCCOC. The van der Waals surface area contributed by atoms with Crippen molar-refractivity contribution >= 4 is 22.6 Å². The van der Waals surface area contributed by atoms with Crippen molar-refractivity contribution in [2.24, 2.45) is 0 Å². The fraction of sp³-hybridized carbons (Fsp3) is 1.00. The van der Waals surface area contributed by atoms with Crippen LogP contribution < -0.4 is 0 Å². The zero-order valence-electron chi connectivity index (χ0n) is 7.22. The molecular weight excluding hydrogens is 259 g/mol. The van der Waals surface area contributed by atoms with Gasteiger partial charge in [0.15, 0.2) is 0 Å². The van der Waals surface area contributed by atoms with Gasteiger partial charge in [-0.15, -0.1) is 0 Å². The second kappa shape index (κ2) is 6.16. The van der Waals surface area contributed by atoms with Crippen molar-refractivity contribution in [2.75, 3.05) is 26.9 Å². The Morgan fingerprint density at radius 1 is 1.27 bits per heavy atom. The van der Waals surface area contributed by atoms with Crippen LogP contribution in [0.25, 0.3) is 0 Å². The Labute approximate surface area is 81.5 Å². The molecule has 1 unspecified atom stereocenters. The summed E-state index contributed by atoms with van der Waals surface area (Å²) in [6.07, 6.45) is 0. The fourth-order valence-corrected chi connectivity index (χ4v) is 1.14. The number of rotatable bonds is 6. The molecule has 4 heteroatoms. The van der Waals surface area contributed by atoms with E-state index in [4.69, 9.17) is 14.2 Å². The highest BCUT2D eigenvalue weighted by molar-refractivity contribution is 14.1. The van der Waals surface area contributed by atoms with Gasteiger partial charge >= 0.3 is 0 Å². The van der Waals surface area contributed by atoms with E-state index >= 15 is 0 Å². The minimum Gasteiger partial charge on any atom is -0.382 e. The zero-order chi connectivity index (χ0) is 8.74. The first-order valence-corrected chi connectivity index (χ1v) is 4.66. The van der Waals surface area contributed by atoms with E-state index in [2.05, 4.69) is 22.6 Å². The summed E-state index contributed by atoms with van der Waals surface area (Å²) in [6, 6.07) is 0. The molecule has 68 valence electrons. The Balaban J connectivity index is 3.38. The van der Waals surface area contributed by atoms with Gasteiger partial charge in [-0.3, -0.25) is 0 Å². The lowest BCUT2D eigenvalue weighted by Crippen LogP contribution is -2.26. The molecule has 0 saturated carbocycles. The van der Waals surface area contributed by atoms with Crippen LogP contribution in [0, 0.1) is 0 Å². The molecule has 0 aliphatic heterocycles. The number of hydrogen-bond donors (Lipinski definition) is 0. The second-order valence-corrected chi connectivity index (χ2v) is 4.07. The van der Waals surface area contributed by atoms with Gasteiger partial charge in [0.25, 0.3) is 0 Å². The average Bonchev–Trinajstić information content (AvgIpc) is 1.87. The molecular formula is C7H15IO3. The molecule has 0 bridgehead atoms. The molecule has 1 atom stereocenters. The molecule has 0 aromatic carbocycles. The van der Waals surface area contributed by atoms with E-state index in [0.29, 0.717) is 19.8 Å². The lowest BCUT2D eigenvalue weighted by molar-refractivity contribution is -0.148. The van der Waals surface area contributed by atoms with Crippen molar-refractivity contribution in [2.45, 2.75) is 17.6 Å². The van der Waals surface area contributed by atoms with Crippen molar-refractivity contribution in [1.29, 1.82) is 0 Å². The van der Waals surface area contributed by atoms with E-state index < -0.39 is 3.79 Å². The summed E-state index contributed by atoms with van der Waals surface area (Å²) < 4.78 is 15.0. The Bertz CT molecular complexity index is 95.7. The first-order valence-electron chi connectivity index (χ1n) is 3.58. The fourth-order valence-electron chi connectivity index (χ4n) is 0.607. The zero-order valence-corrected chi connectivity index (χ0v) is 9.38. The largest absolute Gasteiger partial charge is 0.382 e. The smallest absolute Gasteiger partial charge is 0.218 e. The van der Waals surface area contributed by atoms with Gasteiger partial charge < -0.3 is 14.2 Å². The van der Waals surface area contributed by atoms with E-state index in [1.54, 1.807) is 7.11 Å². The first-order chi connectivity index (χ1) is 5.12. The second-order valence-electron chi connectivity index (χ2n) is 2.11. The van der Waals surface area contributed by atoms with Gasteiger partial charge in [-0.05, 0) is 36.4 Å². The van der Waals surface area contributed by atoms with Crippen LogP contribution in [0.3, 0.4) is 0 Å². The van der Waals surface area contributed by atoms with Gasteiger partial charge in [0.2, 0.25) is 3.79 Å². The predicted octanol–water partition coefficient (Wildman–Crippen LogP) is 1.79. The quantitative estimate of drug-likeness (QED) is 0.320. The maximum absolute atomic E-state index is 5.35. The Morgan fingerprint density at radius 2 is 1.91 bits per heavy atom. The Morgan fingerprint density at radius 3 is 2.36 bits per heavy atom. The van der Waals surface area contributed by atoms with Crippen molar-refractivity contribution in [1.82, 2.24) is 0 Å². The van der Waals surface area contributed by atoms with Gasteiger partial charge in [0.05, 0.1) is 13.2 Å². The lowest BCUT2D eigenvalue weighted by Gasteiger charge is -2.22. The molecule has 0 aliphatic carbocycles. The van der Waals surface area contributed by atoms with Crippen LogP contribution in [0.5, 0.6) is 0 Å². The molecule has 3 nitrogen and oxygen atoms in total. The predicted molar refractivity (Wildman–Crippen MR) is 51.9 cm³/mol. The third-order valence-electron chi connectivity index (χ3n) is 1.05. The molecule has 0 saturated heterocycles. The Hall–Kier alpha value is 0.610. The topological polar surface area (TPSA) is 27.7 Å². The maximum atomic E-state index is 5.35. The van der Waals surface area contributed by atoms with Gasteiger partial charge in [0.1, 0.15) is 0 Å². The number of halogens is 1. The summed E-state index contributed by atoms with van der Waals surface area (Å²) in [4.78, 5) is 0.